The van der Waals surface area contributed by atoms with Crippen molar-refractivity contribution >= 4 is 0 Å². The maximum atomic E-state index is 3.70. The molecule has 0 aliphatic rings. The average Bonchev–Trinajstić information content (AvgIpc) is 2.33. The molecule has 0 fully saturated rings. The summed E-state index contributed by atoms with van der Waals surface area (Å²) in [5.41, 5.74) is 4.39. The van der Waals surface area contributed by atoms with Crippen LogP contribution in [0, 0.1) is 17.8 Å². The van der Waals surface area contributed by atoms with Gasteiger partial charge >= 0.3 is 0 Å². The van der Waals surface area contributed by atoms with Gasteiger partial charge in [0.25, 0.3) is 0 Å². The predicted octanol–water partition coefficient (Wildman–Crippen LogP) is 6.32. The Hall–Kier alpha value is -1.00. The van der Waals surface area contributed by atoms with Gasteiger partial charge in [-0.2, -0.15) is 0 Å². The zero-order chi connectivity index (χ0) is 14.7. The van der Waals surface area contributed by atoms with Crippen LogP contribution in [0.5, 0.6) is 0 Å². The zero-order valence-electron chi connectivity index (χ0n) is 13.6. The third-order valence-corrected chi connectivity index (χ3v) is 3.41. The maximum Gasteiger partial charge on any atom is 0.00593 e. The van der Waals surface area contributed by atoms with E-state index in [9.17, 15) is 0 Å². The van der Waals surface area contributed by atoms with E-state index < -0.39 is 0 Å². The first kappa shape index (κ1) is 18.0. The smallest absolute Gasteiger partial charge is 0.00593 e. The molecule has 2 unspecified atom stereocenters. The average molecular weight is 260 g/mol. The van der Waals surface area contributed by atoms with Crippen LogP contribution in [0.25, 0.3) is 0 Å². The molecular weight excluding hydrogens is 228 g/mol. The lowest BCUT2D eigenvalue weighted by atomic mass is 9.96. The fourth-order valence-electron chi connectivity index (χ4n) is 2.20. The van der Waals surface area contributed by atoms with E-state index in [1.165, 1.54) is 24.8 Å². The molecule has 0 amide bonds. The Kier molecular flexibility index (Phi) is 10.3. The molecule has 0 radical (unpaired) electrons. The van der Waals surface area contributed by atoms with Gasteiger partial charge in [0.1, 0.15) is 0 Å². The highest BCUT2D eigenvalue weighted by Gasteiger charge is 2.02. The number of hydrogen-bond acceptors (Lipinski definition) is 0. The molecule has 0 bridgehead atoms. The summed E-state index contributed by atoms with van der Waals surface area (Å²) in [7, 11) is 0. The molecule has 0 saturated carbocycles. The molecule has 0 aliphatic carbocycles. The molecule has 19 heavy (non-hydrogen) atoms. The van der Waals surface area contributed by atoms with E-state index >= 15 is 0 Å². The Bertz CT molecular complexity index is 324. The summed E-state index contributed by atoms with van der Waals surface area (Å²) in [5, 5.41) is 0. The Morgan fingerprint density at radius 1 is 1.26 bits per heavy atom. The SMILES string of the molecule is C=C=CC(C=CCCC(C)CC)CC(C)=CC(C)C. The van der Waals surface area contributed by atoms with Gasteiger partial charge in [0.05, 0.1) is 0 Å². The van der Waals surface area contributed by atoms with Crippen molar-refractivity contribution in [3.8, 4) is 0 Å². The molecule has 0 aromatic carbocycles. The second kappa shape index (κ2) is 10.9. The molecule has 0 aliphatic heterocycles. The van der Waals surface area contributed by atoms with Crippen molar-refractivity contribution in [2.45, 2.75) is 60.3 Å². The van der Waals surface area contributed by atoms with Gasteiger partial charge in [-0.25, -0.2) is 0 Å². The molecule has 0 heteroatoms. The van der Waals surface area contributed by atoms with Gasteiger partial charge in [0, 0.05) is 5.92 Å². The molecular formula is C19H32. The fourth-order valence-corrected chi connectivity index (χ4v) is 2.20. The third kappa shape index (κ3) is 10.6. The van der Waals surface area contributed by atoms with Crippen LogP contribution in [0.4, 0.5) is 0 Å². The standard InChI is InChI=1S/C19H32/c1-7-11-19(15-18(6)14-16(3)4)13-10-9-12-17(5)8-2/h10-11,13-14,16-17,19H,1,8-9,12,15H2,2-6H3. The summed E-state index contributed by atoms with van der Waals surface area (Å²) in [6.07, 6.45) is 13.9. The number of hydrogen-bond donors (Lipinski definition) is 0. The van der Waals surface area contributed by atoms with Gasteiger partial charge in [-0.15, -0.1) is 5.73 Å². The first-order valence-corrected chi connectivity index (χ1v) is 7.69. The van der Waals surface area contributed by atoms with E-state index in [0.717, 1.165) is 12.3 Å². The lowest BCUT2D eigenvalue weighted by Gasteiger charge is -2.09. The second-order valence-electron chi connectivity index (χ2n) is 6.01. The normalized spacial score (nSPS) is 15.6. The van der Waals surface area contributed by atoms with Gasteiger partial charge in [-0.3, -0.25) is 0 Å². The van der Waals surface area contributed by atoms with E-state index in [0.29, 0.717) is 11.8 Å². The Morgan fingerprint density at radius 3 is 2.47 bits per heavy atom. The van der Waals surface area contributed by atoms with Crippen molar-refractivity contribution in [1.29, 1.82) is 0 Å². The second-order valence-corrected chi connectivity index (χ2v) is 6.01. The summed E-state index contributed by atoms with van der Waals surface area (Å²) in [6.45, 7) is 15.0. The molecule has 0 rings (SSSR count). The lowest BCUT2D eigenvalue weighted by molar-refractivity contribution is 0.521. The maximum absolute atomic E-state index is 3.70. The minimum Gasteiger partial charge on any atom is -0.132 e. The predicted molar refractivity (Wildman–Crippen MR) is 88.2 cm³/mol. The van der Waals surface area contributed by atoms with Crippen LogP contribution < -0.4 is 0 Å². The van der Waals surface area contributed by atoms with Gasteiger partial charge in [0.15, 0.2) is 0 Å². The summed E-state index contributed by atoms with van der Waals surface area (Å²) < 4.78 is 0. The highest BCUT2D eigenvalue weighted by Crippen LogP contribution is 2.17. The van der Waals surface area contributed by atoms with Crippen molar-refractivity contribution in [3.63, 3.8) is 0 Å². The molecule has 0 aromatic rings. The Labute approximate surface area is 121 Å². The third-order valence-electron chi connectivity index (χ3n) is 3.41. The van der Waals surface area contributed by atoms with Crippen LogP contribution in [0.15, 0.2) is 42.2 Å². The van der Waals surface area contributed by atoms with Crippen LogP contribution in [0.1, 0.15) is 60.3 Å². The summed E-state index contributed by atoms with van der Waals surface area (Å²) in [5.74, 6) is 1.91. The Morgan fingerprint density at radius 2 is 1.95 bits per heavy atom. The molecule has 0 saturated heterocycles. The fraction of sp³-hybridized carbons (Fsp3) is 0.632. The minimum absolute atomic E-state index is 0.449. The Balaban J connectivity index is 4.33. The molecule has 0 N–H and O–H groups in total. The van der Waals surface area contributed by atoms with Crippen molar-refractivity contribution in [3.05, 3.63) is 42.2 Å². The zero-order valence-corrected chi connectivity index (χ0v) is 13.6. The van der Waals surface area contributed by atoms with Gasteiger partial charge < -0.3 is 0 Å². The minimum atomic E-state index is 0.449. The van der Waals surface area contributed by atoms with Crippen LogP contribution in [0.3, 0.4) is 0 Å². The van der Waals surface area contributed by atoms with Crippen LogP contribution in [-0.2, 0) is 0 Å². The summed E-state index contributed by atoms with van der Waals surface area (Å²) in [4.78, 5) is 0. The quantitative estimate of drug-likeness (QED) is 0.336. The van der Waals surface area contributed by atoms with Gasteiger partial charge in [-0.1, -0.05) is 64.5 Å². The van der Waals surface area contributed by atoms with E-state index in [1.54, 1.807) is 0 Å². The van der Waals surface area contributed by atoms with Gasteiger partial charge in [0.2, 0.25) is 0 Å². The molecule has 0 heterocycles. The van der Waals surface area contributed by atoms with E-state index in [4.69, 9.17) is 0 Å². The van der Waals surface area contributed by atoms with Crippen molar-refractivity contribution in [2.24, 2.45) is 17.8 Å². The highest BCUT2D eigenvalue weighted by molar-refractivity contribution is 5.09. The number of allylic oxidation sites excluding steroid dienone is 5. The molecule has 0 spiro atoms. The van der Waals surface area contributed by atoms with E-state index in [1.807, 2.05) is 0 Å². The van der Waals surface area contributed by atoms with E-state index in [-0.39, 0.29) is 0 Å². The molecule has 108 valence electrons. The summed E-state index contributed by atoms with van der Waals surface area (Å²) >= 11 is 0. The van der Waals surface area contributed by atoms with Crippen LogP contribution >= 0.6 is 0 Å². The molecule has 0 aromatic heterocycles. The van der Waals surface area contributed by atoms with Crippen molar-refractivity contribution < 1.29 is 0 Å². The topological polar surface area (TPSA) is 0 Å². The van der Waals surface area contributed by atoms with Crippen LogP contribution in [0.2, 0.25) is 0 Å². The van der Waals surface area contributed by atoms with Crippen molar-refractivity contribution in [2.75, 3.05) is 0 Å². The lowest BCUT2D eigenvalue weighted by Crippen LogP contribution is -1.95. The van der Waals surface area contributed by atoms with Gasteiger partial charge in [-0.05, 0) is 44.1 Å². The van der Waals surface area contributed by atoms with Crippen molar-refractivity contribution in [1.82, 2.24) is 0 Å². The number of rotatable bonds is 9. The van der Waals surface area contributed by atoms with E-state index in [2.05, 4.69) is 71.2 Å². The first-order valence-electron chi connectivity index (χ1n) is 7.69. The monoisotopic (exact) mass is 260 g/mol. The van der Waals surface area contributed by atoms with Crippen LogP contribution in [-0.4, -0.2) is 0 Å². The molecule has 2 atom stereocenters. The summed E-state index contributed by atoms with van der Waals surface area (Å²) in [6, 6.07) is 0. The largest absolute Gasteiger partial charge is 0.132 e. The molecule has 0 nitrogen and oxygen atoms in total. The highest BCUT2D eigenvalue weighted by atomic mass is 14.1. The first-order chi connectivity index (χ1) is 8.99.